The predicted molar refractivity (Wildman–Crippen MR) is 59.3 cm³/mol. The second-order valence-electron chi connectivity index (χ2n) is 2.71. The van der Waals surface area contributed by atoms with E-state index in [1.807, 2.05) is 0 Å². The minimum absolute atomic E-state index is 0.340. The fraction of sp³-hybridized carbons (Fsp3) is 0.200. The van der Waals surface area contributed by atoms with Crippen LogP contribution in [-0.4, -0.2) is 17.6 Å². The minimum atomic E-state index is -0.420. The predicted octanol–water partition coefficient (Wildman–Crippen LogP) is 1.89. The number of nitrogens with two attached hydrogens (primary N) is 1. The van der Waals surface area contributed by atoms with Gasteiger partial charge in [-0.1, -0.05) is 11.6 Å². The summed E-state index contributed by atoms with van der Waals surface area (Å²) in [5.74, 6) is -0.420. The molecule has 1 aromatic rings. The molecule has 0 aliphatic carbocycles. The van der Waals surface area contributed by atoms with E-state index in [2.05, 4.69) is 4.98 Å². The number of esters is 1. The molecule has 1 aromatic heterocycles. The van der Waals surface area contributed by atoms with Crippen LogP contribution in [0.5, 0.6) is 0 Å². The molecule has 80 valence electrons. The first-order valence-electron chi connectivity index (χ1n) is 4.39. The number of halogens is 1. The zero-order chi connectivity index (χ0) is 11.3. The van der Waals surface area contributed by atoms with E-state index in [9.17, 15) is 4.79 Å². The van der Waals surface area contributed by atoms with Crippen LogP contribution in [0.1, 0.15) is 12.5 Å². The fourth-order valence-corrected chi connectivity index (χ4v) is 1.11. The van der Waals surface area contributed by atoms with E-state index in [0.29, 0.717) is 22.9 Å². The highest BCUT2D eigenvalue weighted by Crippen LogP contribution is 2.21. The molecular formula is C10H11ClN2O2. The first kappa shape index (κ1) is 11.5. The summed E-state index contributed by atoms with van der Waals surface area (Å²) in [6.07, 6.45) is 5.77. The van der Waals surface area contributed by atoms with Crippen LogP contribution in [0.3, 0.4) is 0 Å². The van der Waals surface area contributed by atoms with Crippen molar-refractivity contribution in [3.63, 3.8) is 0 Å². The SMILES string of the molecule is CCOC(=O)/C=C/c1cncc(Cl)c1N. The van der Waals surface area contributed by atoms with E-state index in [-0.39, 0.29) is 0 Å². The molecule has 5 heteroatoms. The highest BCUT2D eigenvalue weighted by atomic mass is 35.5. The lowest BCUT2D eigenvalue weighted by molar-refractivity contribution is -0.137. The van der Waals surface area contributed by atoms with Gasteiger partial charge in [0.05, 0.1) is 17.3 Å². The maximum atomic E-state index is 11.0. The van der Waals surface area contributed by atoms with Crippen molar-refractivity contribution in [3.05, 3.63) is 29.1 Å². The van der Waals surface area contributed by atoms with Gasteiger partial charge in [-0.3, -0.25) is 4.98 Å². The quantitative estimate of drug-likeness (QED) is 0.632. The zero-order valence-electron chi connectivity index (χ0n) is 8.24. The smallest absolute Gasteiger partial charge is 0.330 e. The highest BCUT2D eigenvalue weighted by Gasteiger charge is 2.01. The summed E-state index contributed by atoms with van der Waals surface area (Å²) in [6.45, 7) is 2.08. The standard InChI is InChI=1S/C10H11ClN2O2/c1-2-15-9(14)4-3-7-5-13-6-8(11)10(7)12/h3-6H,2H2,1H3,(H2,12,13)/b4-3+. The molecule has 0 fully saturated rings. The number of nitrogens with zero attached hydrogens (tertiary/aromatic N) is 1. The highest BCUT2D eigenvalue weighted by molar-refractivity contribution is 6.33. The van der Waals surface area contributed by atoms with E-state index in [0.717, 1.165) is 0 Å². The van der Waals surface area contributed by atoms with Crippen LogP contribution >= 0.6 is 11.6 Å². The van der Waals surface area contributed by atoms with Gasteiger partial charge in [-0.25, -0.2) is 4.79 Å². The molecule has 0 saturated heterocycles. The summed E-state index contributed by atoms with van der Waals surface area (Å²) >= 11 is 5.75. The molecule has 0 radical (unpaired) electrons. The van der Waals surface area contributed by atoms with Gasteiger partial charge in [0.25, 0.3) is 0 Å². The molecule has 0 aliphatic heterocycles. The Morgan fingerprint density at radius 1 is 1.67 bits per heavy atom. The van der Waals surface area contributed by atoms with Gasteiger partial charge in [0, 0.05) is 24.0 Å². The van der Waals surface area contributed by atoms with Gasteiger partial charge < -0.3 is 10.5 Å². The molecular weight excluding hydrogens is 216 g/mol. The summed E-state index contributed by atoms with van der Waals surface area (Å²) in [7, 11) is 0. The summed E-state index contributed by atoms with van der Waals surface area (Å²) in [6, 6.07) is 0. The maximum Gasteiger partial charge on any atom is 0.330 e. The van der Waals surface area contributed by atoms with Crippen molar-refractivity contribution in [2.75, 3.05) is 12.3 Å². The number of ether oxygens (including phenoxy) is 1. The fourth-order valence-electron chi connectivity index (χ4n) is 0.941. The van der Waals surface area contributed by atoms with Gasteiger partial charge in [-0.2, -0.15) is 0 Å². The largest absolute Gasteiger partial charge is 0.463 e. The molecule has 0 saturated carbocycles. The van der Waals surface area contributed by atoms with Crippen molar-refractivity contribution < 1.29 is 9.53 Å². The molecule has 15 heavy (non-hydrogen) atoms. The Kier molecular flexibility index (Phi) is 4.12. The Bertz CT molecular complexity index is 391. The molecule has 0 amide bonds. The van der Waals surface area contributed by atoms with Crippen LogP contribution in [-0.2, 0) is 9.53 Å². The third-order valence-electron chi connectivity index (χ3n) is 1.66. The van der Waals surface area contributed by atoms with Crippen LogP contribution in [0, 0.1) is 0 Å². The molecule has 1 rings (SSSR count). The number of aromatic nitrogens is 1. The number of carbonyl (C=O) groups is 1. The molecule has 4 nitrogen and oxygen atoms in total. The van der Waals surface area contributed by atoms with E-state index in [4.69, 9.17) is 22.1 Å². The van der Waals surface area contributed by atoms with Crippen LogP contribution in [0.4, 0.5) is 5.69 Å². The van der Waals surface area contributed by atoms with E-state index in [1.54, 1.807) is 6.92 Å². The summed E-state index contributed by atoms with van der Waals surface area (Å²) < 4.78 is 4.71. The maximum absolute atomic E-state index is 11.0. The van der Waals surface area contributed by atoms with Gasteiger partial charge in [0.1, 0.15) is 0 Å². The lowest BCUT2D eigenvalue weighted by atomic mass is 10.2. The average Bonchev–Trinajstić information content (AvgIpc) is 2.21. The molecule has 0 aliphatic rings. The van der Waals surface area contributed by atoms with Gasteiger partial charge in [0.2, 0.25) is 0 Å². The van der Waals surface area contributed by atoms with Crippen molar-refractivity contribution in [3.8, 4) is 0 Å². The number of rotatable bonds is 3. The van der Waals surface area contributed by atoms with Crippen molar-refractivity contribution in [2.45, 2.75) is 6.92 Å². The molecule has 0 spiro atoms. The molecule has 0 atom stereocenters. The summed E-state index contributed by atoms with van der Waals surface area (Å²) in [4.78, 5) is 14.9. The Morgan fingerprint density at radius 2 is 2.40 bits per heavy atom. The van der Waals surface area contributed by atoms with Crippen molar-refractivity contribution >= 4 is 29.3 Å². The Balaban J connectivity index is 2.81. The first-order chi connectivity index (χ1) is 7.15. The zero-order valence-corrected chi connectivity index (χ0v) is 8.99. The van der Waals surface area contributed by atoms with E-state index in [1.165, 1.54) is 24.5 Å². The van der Waals surface area contributed by atoms with Gasteiger partial charge in [-0.15, -0.1) is 0 Å². The van der Waals surface area contributed by atoms with Gasteiger partial charge in [0.15, 0.2) is 0 Å². The van der Waals surface area contributed by atoms with Gasteiger partial charge >= 0.3 is 5.97 Å². The van der Waals surface area contributed by atoms with E-state index >= 15 is 0 Å². The number of anilines is 1. The minimum Gasteiger partial charge on any atom is -0.463 e. The molecule has 0 aromatic carbocycles. The number of hydrogen-bond acceptors (Lipinski definition) is 4. The summed E-state index contributed by atoms with van der Waals surface area (Å²) in [5, 5.41) is 0.362. The Morgan fingerprint density at radius 3 is 3.07 bits per heavy atom. The van der Waals surface area contributed by atoms with Crippen molar-refractivity contribution in [1.82, 2.24) is 4.98 Å². The molecule has 0 bridgehead atoms. The van der Waals surface area contributed by atoms with Crippen molar-refractivity contribution in [1.29, 1.82) is 0 Å². The lowest BCUT2D eigenvalue weighted by Gasteiger charge is -2.01. The van der Waals surface area contributed by atoms with Crippen LogP contribution in [0.25, 0.3) is 6.08 Å². The third kappa shape index (κ3) is 3.25. The Hall–Kier alpha value is -1.55. The number of nitrogen functional groups attached to an aromatic ring is 1. The van der Waals surface area contributed by atoms with Crippen LogP contribution in [0.2, 0.25) is 5.02 Å². The number of hydrogen-bond donors (Lipinski definition) is 1. The lowest BCUT2D eigenvalue weighted by Crippen LogP contribution is -1.99. The normalized spacial score (nSPS) is 10.5. The van der Waals surface area contributed by atoms with Crippen molar-refractivity contribution in [2.24, 2.45) is 0 Å². The number of carbonyl (C=O) groups excluding carboxylic acids is 1. The number of pyridine rings is 1. The van der Waals surface area contributed by atoms with Crippen LogP contribution in [0.15, 0.2) is 18.5 Å². The molecule has 2 N–H and O–H groups in total. The average molecular weight is 227 g/mol. The molecule has 1 heterocycles. The summed E-state index contributed by atoms with van der Waals surface area (Å²) in [5.41, 5.74) is 6.66. The second-order valence-corrected chi connectivity index (χ2v) is 3.12. The topological polar surface area (TPSA) is 65.2 Å². The first-order valence-corrected chi connectivity index (χ1v) is 4.76. The molecule has 0 unspecified atom stereocenters. The van der Waals surface area contributed by atoms with Crippen LogP contribution < -0.4 is 5.73 Å². The second kappa shape index (κ2) is 5.36. The Labute approximate surface area is 92.7 Å². The monoisotopic (exact) mass is 226 g/mol. The third-order valence-corrected chi connectivity index (χ3v) is 1.96. The van der Waals surface area contributed by atoms with Gasteiger partial charge in [-0.05, 0) is 13.0 Å². The van der Waals surface area contributed by atoms with E-state index < -0.39 is 5.97 Å².